The van der Waals surface area contributed by atoms with Gasteiger partial charge >= 0.3 is 0 Å². The first-order valence-electron chi connectivity index (χ1n) is 8.86. The molecule has 3 heterocycles. The van der Waals surface area contributed by atoms with E-state index in [1.807, 2.05) is 16.7 Å². The van der Waals surface area contributed by atoms with Crippen LogP contribution in [0.2, 0.25) is 0 Å². The van der Waals surface area contributed by atoms with Gasteiger partial charge < -0.3 is 9.67 Å². The van der Waals surface area contributed by atoms with Gasteiger partial charge in [-0.25, -0.2) is 0 Å². The Hall–Kier alpha value is -2.51. The molecule has 1 N–H and O–H groups in total. The Kier molecular flexibility index (Phi) is 4.34. The normalized spacial score (nSPS) is 23.3. The number of nitro groups is 1. The van der Waals surface area contributed by atoms with Gasteiger partial charge in [0.1, 0.15) is 0 Å². The molecule has 0 spiro atoms. The molecule has 26 heavy (non-hydrogen) atoms. The summed E-state index contributed by atoms with van der Waals surface area (Å²) < 4.78 is 1.89. The Labute approximate surface area is 150 Å². The maximum atomic E-state index is 12.1. The van der Waals surface area contributed by atoms with Crippen LogP contribution in [0.1, 0.15) is 29.7 Å². The minimum Gasteiger partial charge on any atom is -0.387 e. The van der Waals surface area contributed by atoms with Crippen LogP contribution in [-0.2, 0) is 6.54 Å². The van der Waals surface area contributed by atoms with Crippen LogP contribution in [0.15, 0.2) is 47.3 Å². The molecule has 7 heteroatoms. The van der Waals surface area contributed by atoms with Gasteiger partial charge in [0, 0.05) is 56.0 Å². The highest BCUT2D eigenvalue weighted by molar-refractivity contribution is 5.33. The zero-order chi connectivity index (χ0) is 18.3. The maximum absolute atomic E-state index is 12.1. The molecule has 4 rings (SSSR count). The van der Waals surface area contributed by atoms with Crippen LogP contribution in [0.25, 0.3) is 0 Å². The van der Waals surface area contributed by atoms with Crippen molar-refractivity contribution in [3.8, 4) is 0 Å². The van der Waals surface area contributed by atoms with Crippen molar-refractivity contribution >= 4 is 5.69 Å². The number of piperidine rings is 1. The van der Waals surface area contributed by atoms with Crippen molar-refractivity contribution in [3.63, 3.8) is 0 Å². The smallest absolute Gasteiger partial charge is 0.269 e. The van der Waals surface area contributed by atoms with E-state index in [4.69, 9.17) is 0 Å². The molecule has 2 bridgehead atoms. The molecule has 1 fully saturated rings. The minimum atomic E-state index is -0.687. The SMILES string of the molecule is O=c1cccc2n1C[C@@H]1C[C@@H]2CN(C[C@H](O)c2ccc([N+](=O)[O-])cc2)C1. The first-order valence-corrected chi connectivity index (χ1v) is 8.86. The van der Waals surface area contributed by atoms with Gasteiger partial charge in [-0.15, -0.1) is 0 Å². The van der Waals surface area contributed by atoms with Gasteiger partial charge in [-0.3, -0.25) is 19.8 Å². The lowest BCUT2D eigenvalue weighted by Crippen LogP contribution is -2.48. The van der Waals surface area contributed by atoms with E-state index in [0.717, 1.165) is 31.7 Å². The molecule has 1 saturated heterocycles. The molecule has 2 aromatic rings. The lowest BCUT2D eigenvalue weighted by Gasteiger charge is -2.43. The molecular formula is C19H21N3O4. The van der Waals surface area contributed by atoms with Crippen molar-refractivity contribution in [2.75, 3.05) is 19.6 Å². The van der Waals surface area contributed by atoms with Crippen LogP contribution in [0.4, 0.5) is 5.69 Å². The largest absolute Gasteiger partial charge is 0.387 e. The number of benzene rings is 1. The van der Waals surface area contributed by atoms with Crippen molar-refractivity contribution in [1.82, 2.24) is 9.47 Å². The summed E-state index contributed by atoms with van der Waals surface area (Å²) in [6, 6.07) is 11.5. The monoisotopic (exact) mass is 355 g/mol. The number of rotatable bonds is 4. The maximum Gasteiger partial charge on any atom is 0.269 e. The predicted octanol–water partition coefficient (Wildman–Crippen LogP) is 1.91. The summed E-state index contributed by atoms with van der Waals surface area (Å²) in [5.41, 5.74) is 1.86. The first kappa shape index (κ1) is 16.9. The Bertz CT molecular complexity index is 877. The molecular weight excluding hydrogens is 334 g/mol. The van der Waals surface area contributed by atoms with Gasteiger partial charge in [0.15, 0.2) is 0 Å². The Morgan fingerprint density at radius 1 is 1.15 bits per heavy atom. The van der Waals surface area contributed by atoms with Gasteiger partial charge in [-0.2, -0.15) is 0 Å². The lowest BCUT2D eigenvalue weighted by atomic mass is 9.83. The molecule has 2 aliphatic heterocycles. The quantitative estimate of drug-likeness (QED) is 0.668. The second kappa shape index (κ2) is 6.66. The standard InChI is InChI=1S/C19H21N3O4/c23-18(14-4-6-16(7-5-14)22(25)26)12-20-9-13-8-15(11-20)17-2-1-3-19(24)21(17)10-13/h1-7,13,15,18,23H,8-12H2/t13-,15-,18+/m1/s1. The molecule has 0 radical (unpaired) electrons. The molecule has 3 atom stereocenters. The summed E-state index contributed by atoms with van der Waals surface area (Å²) in [4.78, 5) is 24.6. The topological polar surface area (TPSA) is 88.6 Å². The van der Waals surface area contributed by atoms with Crippen LogP contribution in [-0.4, -0.2) is 39.1 Å². The number of hydrogen-bond acceptors (Lipinski definition) is 5. The molecule has 1 aromatic carbocycles. The fraction of sp³-hybridized carbons (Fsp3) is 0.421. The third kappa shape index (κ3) is 3.15. The van der Waals surface area contributed by atoms with E-state index in [2.05, 4.69) is 4.90 Å². The summed E-state index contributed by atoms with van der Waals surface area (Å²) in [6.07, 6.45) is 0.390. The highest BCUT2D eigenvalue weighted by Crippen LogP contribution is 2.35. The van der Waals surface area contributed by atoms with Crippen LogP contribution in [0.5, 0.6) is 0 Å². The number of fused-ring (bicyclic) bond motifs is 4. The average molecular weight is 355 g/mol. The van der Waals surface area contributed by atoms with Gasteiger partial charge in [-0.1, -0.05) is 6.07 Å². The number of nitro benzene ring substituents is 1. The van der Waals surface area contributed by atoms with E-state index < -0.39 is 11.0 Å². The van der Waals surface area contributed by atoms with Crippen molar-refractivity contribution < 1.29 is 10.0 Å². The molecule has 2 aliphatic rings. The highest BCUT2D eigenvalue weighted by Gasteiger charge is 2.35. The van der Waals surface area contributed by atoms with Gasteiger partial charge in [0.05, 0.1) is 11.0 Å². The minimum absolute atomic E-state index is 0.0236. The first-order chi connectivity index (χ1) is 12.5. The van der Waals surface area contributed by atoms with Crippen LogP contribution >= 0.6 is 0 Å². The van der Waals surface area contributed by atoms with E-state index >= 15 is 0 Å². The summed E-state index contributed by atoms with van der Waals surface area (Å²) in [7, 11) is 0. The zero-order valence-corrected chi connectivity index (χ0v) is 14.3. The summed E-state index contributed by atoms with van der Waals surface area (Å²) in [5, 5.41) is 21.3. The summed E-state index contributed by atoms with van der Waals surface area (Å²) in [5.74, 6) is 0.714. The molecule has 7 nitrogen and oxygen atoms in total. The molecule has 0 unspecified atom stereocenters. The van der Waals surface area contributed by atoms with E-state index in [-0.39, 0.29) is 11.2 Å². The Morgan fingerprint density at radius 3 is 2.65 bits per heavy atom. The number of aliphatic hydroxyl groups excluding tert-OH is 1. The zero-order valence-electron chi connectivity index (χ0n) is 14.3. The number of likely N-dealkylation sites (tertiary alicyclic amines) is 1. The fourth-order valence-corrected chi connectivity index (χ4v) is 4.31. The Morgan fingerprint density at radius 2 is 1.92 bits per heavy atom. The number of pyridine rings is 1. The van der Waals surface area contributed by atoms with Crippen molar-refractivity contribution in [1.29, 1.82) is 0 Å². The summed E-state index contributed by atoms with van der Waals surface area (Å²) >= 11 is 0. The number of hydrogen-bond donors (Lipinski definition) is 1. The van der Waals surface area contributed by atoms with Crippen molar-refractivity contribution in [2.24, 2.45) is 5.92 Å². The molecule has 136 valence electrons. The molecule has 0 amide bonds. The Balaban J connectivity index is 1.47. The number of aromatic nitrogens is 1. The molecule has 0 saturated carbocycles. The van der Waals surface area contributed by atoms with Crippen LogP contribution < -0.4 is 5.56 Å². The number of β-amino-alcohol motifs (C(OH)–C–C–N with tert-alkyl or cyclic N) is 1. The van der Waals surface area contributed by atoms with E-state index in [0.29, 0.717) is 23.9 Å². The van der Waals surface area contributed by atoms with Crippen molar-refractivity contribution in [3.05, 3.63) is 74.2 Å². The second-order valence-electron chi connectivity index (χ2n) is 7.28. The number of aliphatic hydroxyl groups is 1. The van der Waals surface area contributed by atoms with E-state index in [1.165, 1.54) is 12.1 Å². The van der Waals surface area contributed by atoms with Gasteiger partial charge in [-0.05, 0) is 36.1 Å². The summed E-state index contributed by atoms with van der Waals surface area (Å²) in [6.45, 7) is 2.88. The van der Waals surface area contributed by atoms with Gasteiger partial charge in [0.2, 0.25) is 0 Å². The van der Waals surface area contributed by atoms with Gasteiger partial charge in [0.25, 0.3) is 11.2 Å². The number of nitrogens with zero attached hydrogens (tertiary/aromatic N) is 3. The average Bonchev–Trinajstić information content (AvgIpc) is 2.62. The van der Waals surface area contributed by atoms with Crippen LogP contribution in [0, 0.1) is 16.0 Å². The second-order valence-corrected chi connectivity index (χ2v) is 7.28. The fourth-order valence-electron chi connectivity index (χ4n) is 4.31. The lowest BCUT2D eigenvalue weighted by molar-refractivity contribution is -0.384. The third-order valence-electron chi connectivity index (χ3n) is 5.48. The van der Waals surface area contributed by atoms with E-state index in [9.17, 15) is 20.0 Å². The predicted molar refractivity (Wildman–Crippen MR) is 96.0 cm³/mol. The molecule has 0 aliphatic carbocycles. The third-order valence-corrected chi connectivity index (χ3v) is 5.48. The number of non-ortho nitro benzene ring substituents is 1. The molecule has 1 aromatic heterocycles. The van der Waals surface area contributed by atoms with E-state index in [1.54, 1.807) is 18.2 Å². The van der Waals surface area contributed by atoms with Crippen LogP contribution in [0.3, 0.4) is 0 Å². The van der Waals surface area contributed by atoms with Crippen molar-refractivity contribution in [2.45, 2.75) is 25.0 Å². The highest BCUT2D eigenvalue weighted by atomic mass is 16.6.